The summed E-state index contributed by atoms with van der Waals surface area (Å²) in [7, 11) is 0. The number of hydrogen-bond acceptors (Lipinski definition) is 5. The highest BCUT2D eigenvalue weighted by atomic mass is 16.5. The molecule has 8 heteroatoms. The number of nitrogens with zero attached hydrogens (tertiary/aromatic N) is 3. The maximum Gasteiger partial charge on any atom is 0.326 e. The van der Waals surface area contributed by atoms with Crippen LogP contribution < -0.4 is 10.1 Å². The van der Waals surface area contributed by atoms with Crippen LogP contribution in [0.5, 0.6) is 5.75 Å². The zero-order chi connectivity index (χ0) is 20.0. The van der Waals surface area contributed by atoms with E-state index in [1.807, 2.05) is 38.1 Å². The lowest BCUT2D eigenvalue weighted by Gasteiger charge is -2.12. The van der Waals surface area contributed by atoms with Gasteiger partial charge in [0.05, 0.1) is 17.5 Å². The quantitative estimate of drug-likeness (QED) is 0.690. The summed E-state index contributed by atoms with van der Waals surface area (Å²) in [6.45, 7) is 7.38. The van der Waals surface area contributed by atoms with E-state index in [2.05, 4.69) is 15.6 Å². The van der Waals surface area contributed by atoms with Crippen LogP contribution in [-0.4, -0.2) is 44.1 Å². The molecule has 0 radical (unpaired) electrons. The largest absolute Gasteiger partial charge is 0.491 e. The molecule has 2 rings (SSSR count). The molecule has 2 N–H and O–H groups in total. The van der Waals surface area contributed by atoms with Crippen LogP contribution in [-0.2, 0) is 4.79 Å². The van der Waals surface area contributed by atoms with Crippen molar-refractivity contribution in [3.05, 3.63) is 47.8 Å². The van der Waals surface area contributed by atoms with Gasteiger partial charge in [0.25, 0.3) is 5.91 Å². The number of carbonyl (C=O) groups is 2. The number of nitrogens with one attached hydrogen (secondary N) is 1. The Morgan fingerprint density at radius 1 is 1.30 bits per heavy atom. The highest BCUT2D eigenvalue weighted by molar-refractivity contribution is 5.95. The molecule has 1 unspecified atom stereocenters. The number of hydrogen-bond donors (Lipinski definition) is 2. The number of benzene rings is 1. The molecule has 1 atom stereocenters. The molecule has 1 amide bonds. The van der Waals surface area contributed by atoms with E-state index in [1.165, 1.54) is 4.68 Å². The maximum atomic E-state index is 12.4. The van der Waals surface area contributed by atoms with Crippen molar-refractivity contribution in [1.82, 2.24) is 20.3 Å². The van der Waals surface area contributed by atoms with Crippen molar-refractivity contribution < 1.29 is 19.4 Å². The van der Waals surface area contributed by atoms with Crippen molar-refractivity contribution in [2.45, 2.75) is 46.3 Å². The predicted molar refractivity (Wildman–Crippen MR) is 100 cm³/mol. The number of rotatable bonds is 8. The first-order chi connectivity index (χ1) is 12.8. The molecule has 0 saturated carbocycles. The monoisotopic (exact) mass is 372 g/mol. The normalized spacial score (nSPS) is 12.3. The Balaban J connectivity index is 2.18. The van der Waals surface area contributed by atoms with Gasteiger partial charge in [0.2, 0.25) is 0 Å². The average Bonchev–Trinajstić information content (AvgIpc) is 3.00. The first kappa shape index (κ1) is 20.2. The zero-order valence-electron chi connectivity index (χ0n) is 15.8. The number of allylic oxidation sites excluding steroid dienone is 1. The summed E-state index contributed by atoms with van der Waals surface area (Å²) in [5, 5.41) is 19.6. The van der Waals surface area contributed by atoms with E-state index < -0.39 is 17.9 Å². The van der Waals surface area contributed by atoms with E-state index in [0.29, 0.717) is 5.69 Å². The molecule has 1 aromatic carbocycles. The van der Waals surface area contributed by atoms with Crippen LogP contribution in [0.2, 0.25) is 0 Å². The third-order valence-electron chi connectivity index (χ3n) is 3.77. The van der Waals surface area contributed by atoms with Crippen molar-refractivity contribution >= 4 is 11.9 Å². The number of aliphatic carboxylic acids is 1. The molecule has 0 fully saturated rings. The van der Waals surface area contributed by atoms with Crippen molar-refractivity contribution in [3.63, 3.8) is 0 Å². The Morgan fingerprint density at radius 2 is 1.96 bits per heavy atom. The lowest BCUT2D eigenvalue weighted by Crippen LogP contribution is -2.40. The minimum atomic E-state index is -1.10. The third kappa shape index (κ3) is 5.16. The fourth-order valence-electron chi connectivity index (χ4n) is 2.44. The van der Waals surface area contributed by atoms with E-state index >= 15 is 0 Å². The second kappa shape index (κ2) is 8.98. The summed E-state index contributed by atoms with van der Waals surface area (Å²) in [6, 6.07) is 6.23. The van der Waals surface area contributed by atoms with Crippen LogP contribution in [0.25, 0.3) is 5.69 Å². The molecule has 0 aliphatic carbocycles. The molecule has 0 spiro atoms. The third-order valence-corrected chi connectivity index (χ3v) is 3.77. The lowest BCUT2D eigenvalue weighted by atomic mass is 10.2. The van der Waals surface area contributed by atoms with Crippen molar-refractivity contribution in [2.24, 2.45) is 0 Å². The number of ether oxygens (including phenoxy) is 1. The molecule has 0 bridgehead atoms. The smallest absolute Gasteiger partial charge is 0.326 e. The van der Waals surface area contributed by atoms with Gasteiger partial charge in [-0.15, -0.1) is 5.10 Å². The molecule has 144 valence electrons. The molecular weight excluding hydrogens is 348 g/mol. The van der Waals surface area contributed by atoms with Crippen molar-refractivity contribution in [2.75, 3.05) is 0 Å². The molecule has 1 aromatic heterocycles. The van der Waals surface area contributed by atoms with E-state index in [1.54, 1.807) is 26.0 Å². The van der Waals surface area contributed by atoms with Crippen LogP contribution in [0, 0.1) is 6.92 Å². The van der Waals surface area contributed by atoms with Gasteiger partial charge in [-0.2, -0.15) is 0 Å². The second-order valence-corrected chi connectivity index (χ2v) is 6.26. The summed E-state index contributed by atoms with van der Waals surface area (Å²) in [5.41, 5.74) is 1.32. The fraction of sp³-hybridized carbons (Fsp3) is 0.368. The standard InChI is InChI=1S/C19H24N4O4/c1-5-6-7-16(19(25)26)20-18(24)17-13(4)23(22-21-17)14-8-10-15(11-9-14)27-12(2)3/h5-6,8-12,16H,7H2,1-4H3,(H,20,24)(H,25,26)/b6-5+. The van der Waals surface area contributed by atoms with E-state index in [9.17, 15) is 14.7 Å². The molecule has 8 nitrogen and oxygen atoms in total. The van der Waals surface area contributed by atoms with Crippen molar-refractivity contribution in [1.29, 1.82) is 0 Å². The van der Waals surface area contributed by atoms with Crippen LogP contribution in [0.15, 0.2) is 36.4 Å². The lowest BCUT2D eigenvalue weighted by molar-refractivity contribution is -0.139. The molecule has 0 aliphatic rings. The van der Waals surface area contributed by atoms with Gasteiger partial charge in [-0.1, -0.05) is 17.4 Å². The van der Waals surface area contributed by atoms with Gasteiger partial charge in [-0.25, -0.2) is 9.48 Å². The van der Waals surface area contributed by atoms with Gasteiger partial charge in [-0.05, 0) is 58.4 Å². The van der Waals surface area contributed by atoms with Gasteiger partial charge in [0, 0.05) is 0 Å². The molecular formula is C19H24N4O4. The molecule has 1 heterocycles. The Hall–Kier alpha value is -3.16. The zero-order valence-corrected chi connectivity index (χ0v) is 15.8. The van der Waals surface area contributed by atoms with Gasteiger partial charge in [-0.3, -0.25) is 4.79 Å². The molecule has 0 saturated heterocycles. The summed E-state index contributed by atoms with van der Waals surface area (Å²) in [4.78, 5) is 23.7. The maximum absolute atomic E-state index is 12.4. The van der Waals surface area contributed by atoms with Crippen LogP contribution in [0.3, 0.4) is 0 Å². The average molecular weight is 372 g/mol. The number of carboxylic acid groups (broad SMARTS) is 1. The Labute approximate surface area is 157 Å². The highest BCUT2D eigenvalue weighted by Crippen LogP contribution is 2.18. The second-order valence-electron chi connectivity index (χ2n) is 6.26. The molecule has 2 aromatic rings. The van der Waals surface area contributed by atoms with Gasteiger partial charge in [0.1, 0.15) is 11.8 Å². The van der Waals surface area contributed by atoms with Crippen LogP contribution in [0.4, 0.5) is 0 Å². The minimum Gasteiger partial charge on any atom is -0.491 e. The molecule has 0 aliphatic heterocycles. The Morgan fingerprint density at radius 3 is 2.52 bits per heavy atom. The number of carbonyl (C=O) groups excluding carboxylic acids is 1. The van der Waals surface area contributed by atoms with Crippen LogP contribution >= 0.6 is 0 Å². The number of aromatic nitrogens is 3. The van der Waals surface area contributed by atoms with E-state index in [4.69, 9.17) is 4.74 Å². The Kier molecular flexibility index (Phi) is 6.70. The summed E-state index contributed by atoms with van der Waals surface area (Å²) < 4.78 is 7.13. The topological polar surface area (TPSA) is 106 Å². The minimum absolute atomic E-state index is 0.0731. The van der Waals surface area contributed by atoms with E-state index in [-0.39, 0.29) is 18.2 Å². The number of amides is 1. The van der Waals surface area contributed by atoms with Crippen molar-refractivity contribution in [3.8, 4) is 11.4 Å². The first-order valence-corrected chi connectivity index (χ1v) is 8.67. The van der Waals surface area contributed by atoms with Gasteiger partial charge >= 0.3 is 5.97 Å². The van der Waals surface area contributed by atoms with Crippen LogP contribution in [0.1, 0.15) is 43.4 Å². The summed E-state index contributed by atoms with van der Waals surface area (Å²) in [6.07, 6.45) is 3.69. The Bertz CT molecular complexity index is 825. The predicted octanol–water partition coefficient (Wildman–Crippen LogP) is 2.51. The first-order valence-electron chi connectivity index (χ1n) is 8.67. The summed E-state index contributed by atoms with van der Waals surface area (Å²) >= 11 is 0. The summed E-state index contributed by atoms with van der Waals surface area (Å²) in [5.74, 6) is -0.944. The number of carboxylic acids is 1. The SMILES string of the molecule is C/C=C/CC(NC(=O)c1nnn(-c2ccc(OC(C)C)cc2)c1C)C(=O)O. The highest BCUT2D eigenvalue weighted by Gasteiger charge is 2.23. The fourth-order valence-corrected chi connectivity index (χ4v) is 2.44. The van der Waals surface area contributed by atoms with E-state index in [0.717, 1.165) is 11.4 Å². The molecule has 27 heavy (non-hydrogen) atoms. The van der Waals surface area contributed by atoms with Gasteiger partial charge < -0.3 is 15.2 Å². The van der Waals surface area contributed by atoms with Gasteiger partial charge in [0.15, 0.2) is 5.69 Å².